The van der Waals surface area contributed by atoms with Crippen molar-refractivity contribution in [3.05, 3.63) is 0 Å². The van der Waals surface area contributed by atoms with Crippen LogP contribution in [-0.2, 0) is 9.59 Å². The van der Waals surface area contributed by atoms with Gasteiger partial charge in [0.1, 0.15) is 0 Å². The van der Waals surface area contributed by atoms with Crippen LogP contribution < -0.4 is 0 Å². The number of aliphatic imine (C=N–C) groups is 2. The molecule has 124 valence electrons. The highest BCUT2D eigenvalue weighted by Gasteiger charge is 1.87. The number of unbranched alkanes of at least 4 members (excludes halogenated alkanes) is 4. The molecule has 0 rings (SSSR count). The highest BCUT2D eigenvalue weighted by atomic mass is 16.3. The van der Waals surface area contributed by atoms with Crippen LogP contribution >= 0.6 is 0 Å². The van der Waals surface area contributed by atoms with Crippen LogP contribution in [0.5, 0.6) is 0 Å². The minimum Gasteiger partial charge on any atom is -0.396 e. The molecule has 0 saturated carbocycles. The van der Waals surface area contributed by atoms with Crippen LogP contribution in [0.4, 0.5) is 0 Å². The molecule has 0 amide bonds. The Labute approximate surface area is 126 Å². The summed E-state index contributed by atoms with van der Waals surface area (Å²) in [7, 11) is 0. The molecule has 0 spiro atoms. The van der Waals surface area contributed by atoms with Gasteiger partial charge in [-0.25, -0.2) is 19.6 Å². The molecule has 21 heavy (non-hydrogen) atoms. The smallest absolute Gasteiger partial charge is 0.234 e. The van der Waals surface area contributed by atoms with Gasteiger partial charge in [0.2, 0.25) is 12.2 Å². The SMILES string of the molecule is CCCCO.O=C=NCCCCCCN=C=O.OCCO. The van der Waals surface area contributed by atoms with Gasteiger partial charge in [-0.2, -0.15) is 0 Å². The van der Waals surface area contributed by atoms with E-state index in [0.29, 0.717) is 19.7 Å². The summed E-state index contributed by atoms with van der Waals surface area (Å²) < 4.78 is 0. The first-order valence-electron chi connectivity index (χ1n) is 7.14. The third-order valence-corrected chi connectivity index (χ3v) is 2.03. The van der Waals surface area contributed by atoms with Crippen molar-refractivity contribution in [3.63, 3.8) is 0 Å². The Balaban J connectivity index is -0.000000297. The molecule has 0 fully saturated rings. The van der Waals surface area contributed by atoms with E-state index in [1.165, 1.54) is 12.2 Å². The first-order valence-corrected chi connectivity index (χ1v) is 7.14. The van der Waals surface area contributed by atoms with Gasteiger partial charge < -0.3 is 15.3 Å². The molecule has 0 aliphatic heterocycles. The second-order valence-electron chi connectivity index (χ2n) is 3.88. The maximum absolute atomic E-state index is 9.63. The molecule has 0 aliphatic rings. The van der Waals surface area contributed by atoms with Gasteiger partial charge in [0.15, 0.2) is 0 Å². The van der Waals surface area contributed by atoms with Crippen LogP contribution in [0, 0.1) is 0 Å². The van der Waals surface area contributed by atoms with Crippen molar-refractivity contribution in [1.82, 2.24) is 0 Å². The highest BCUT2D eigenvalue weighted by Crippen LogP contribution is 1.99. The lowest BCUT2D eigenvalue weighted by Gasteiger charge is -1.93. The first-order chi connectivity index (χ1) is 10.2. The second-order valence-corrected chi connectivity index (χ2v) is 3.88. The monoisotopic (exact) mass is 304 g/mol. The highest BCUT2D eigenvalue weighted by molar-refractivity contribution is 5.32. The van der Waals surface area contributed by atoms with Crippen molar-refractivity contribution in [3.8, 4) is 0 Å². The Morgan fingerprint density at radius 1 is 0.714 bits per heavy atom. The number of isocyanates is 2. The lowest BCUT2D eigenvalue weighted by molar-refractivity contribution is 0.186. The van der Waals surface area contributed by atoms with Crippen molar-refractivity contribution in [2.45, 2.75) is 45.4 Å². The third-order valence-electron chi connectivity index (χ3n) is 2.03. The zero-order chi connectivity index (χ0) is 16.6. The molecule has 0 saturated heterocycles. The van der Waals surface area contributed by atoms with E-state index >= 15 is 0 Å². The first kappa shape index (κ1) is 24.6. The average Bonchev–Trinajstić information content (AvgIpc) is 2.52. The van der Waals surface area contributed by atoms with E-state index in [1.54, 1.807) is 0 Å². The predicted octanol–water partition coefficient (Wildman–Crippen LogP) is 0.968. The Kier molecular flexibility index (Phi) is 36.6. The Morgan fingerprint density at radius 3 is 1.33 bits per heavy atom. The summed E-state index contributed by atoms with van der Waals surface area (Å²) in [5.74, 6) is 0. The van der Waals surface area contributed by atoms with E-state index in [-0.39, 0.29) is 13.2 Å². The molecular weight excluding hydrogens is 276 g/mol. The number of nitrogens with zero attached hydrogens (tertiary/aromatic N) is 2. The molecule has 0 atom stereocenters. The zero-order valence-electron chi connectivity index (χ0n) is 12.8. The molecule has 7 nitrogen and oxygen atoms in total. The Hall–Kier alpha value is -1.36. The molecule has 7 heteroatoms. The molecular formula is C14H28N2O5. The van der Waals surface area contributed by atoms with Crippen LogP contribution in [0.15, 0.2) is 9.98 Å². The summed E-state index contributed by atoms with van der Waals surface area (Å²) in [5, 5.41) is 23.3. The fraction of sp³-hybridized carbons (Fsp3) is 0.857. The lowest BCUT2D eigenvalue weighted by Crippen LogP contribution is -1.85. The third kappa shape index (κ3) is 45.6. The van der Waals surface area contributed by atoms with Crippen molar-refractivity contribution in [2.24, 2.45) is 9.98 Å². The number of hydrogen-bond acceptors (Lipinski definition) is 7. The van der Waals surface area contributed by atoms with E-state index in [9.17, 15) is 9.59 Å². The summed E-state index contributed by atoms with van der Waals surface area (Å²) >= 11 is 0. The summed E-state index contributed by atoms with van der Waals surface area (Å²) in [5.41, 5.74) is 0. The van der Waals surface area contributed by atoms with E-state index < -0.39 is 0 Å². The van der Waals surface area contributed by atoms with E-state index in [2.05, 4.69) is 16.9 Å². The predicted molar refractivity (Wildman–Crippen MR) is 80.6 cm³/mol. The van der Waals surface area contributed by atoms with Gasteiger partial charge in [-0.15, -0.1) is 0 Å². The molecule has 0 aromatic carbocycles. The second kappa shape index (κ2) is 31.2. The van der Waals surface area contributed by atoms with Gasteiger partial charge in [-0.05, 0) is 19.3 Å². The fourth-order valence-electron chi connectivity index (χ4n) is 0.985. The van der Waals surface area contributed by atoms with E-state index in [4.69, 9.17) is 15.3 Å². The molecule has 0 unspecified atom stereocenters. The fourth-order valence-corrected chi connectivity index (χ4v) is 0.985. The molecule has 0 aliphatic carbocycles. The maximum atomic E-state index is 9.63. The molecule has 0 aromatic rings. The van der Waals surface area contributed by atoms with Gasteiger partial charge in [-0.1, -0.05) is 26.2 Å². The number of aliphatic hydroxyl groups is 3. The van der Waals surface area contributed by atoms with Crippen LogP contribution in [0.2, 0.25) is 0 Å². The molecule has 0 aromatic heterocycles. The zero-order valence-corrected chi connectivity index (χ0v) is 12.8. The van der Waals surface area contributed by atoms with Gasteiger partial charge in [0.25, 0.3) is 0 Å². The lowest BCUT2D eigenvalue weighted by atomic mass is 10.2. The number of carbonyl (C=O) groups excluding carboxylic acids is 2. The van der Waals surface area contributed by atoms with Gasteiger partial charge >= 0.3 is 0 Å². The van der Waals surface area contributed by atoms with Gasteiger partial charge in [0, 0.05) is 6.61 Å². The molecule has 3 N–H and O–H groups in total. The summed E-state index contributed by atoms with van der Waals surface area (Å²) in [6, 6.07) is 0. The molecule has 0 heterocycles. The summed E-state index contributed by atoms with van der Waals surface area (Å²) in [4.78, 5) is 26.1. The topological polar surface area (TPSA) is 120 Å². The minimum atomic E-state index is -0.125. The Morgan fingerprint density at radius 2 is 1.14 bits per heavy atom. The van der Waals surface area contributed by atoms with Crippen LogP contribution in [0.3, 0.4) is 0 Å². The summed E-state index contributed by atoms with van der Waals surface area (Å²) in [6.45, 7) is 3.26. The Bertz CT molecular complexity index is 236. The van der Waals surface area contributed by atoms with E-state index in [1.807, 2.05) is 0 Å². The maximum Gasteiger partial charge on any atom is 0.234 e. The number of aliphatic hydroxyl groups excluding tert-OH is 3. The van der Waals surface area contributed by atoms with Crippen molar-refractivity contribution >= 4 is 12.2 Å². The van der Waals surface area contributed by atoms with Gasteiger partial charge in [0.05, 0.1) is 26.3 Å². The summed E-state index contributed by atoms with van der Waals surface area (Å²) in [6.07, 6.45) is 8.84. The number of hydrogen-bond donors (Lipinski definition) is 3. The largest absolute Gasteiger partial charge is 0.396 e. The van der Waals surface area contributed by atoms with Crippen molar-refractivity contribution < 1.29 is 24.9 Å². The van der Waals surface area contributed by atoms with Crippen molar-refractivity contribution in [1.29, 1.82) is 0 Å². The molecule has 0 radical (unpaired) electrons. The minimum absolute atomic E-state index is 0.125. The average molecular weight is 304 g/mol. The van der Waals surface area contributed by atoms with Crippen molar-refractivity contribution in [2.75, 3.05) is 32.9 Å². The molecule has 0 bridgehead atoms. The van der Waals surface area contributed by atoms with Crippen LogP contribution in [0.25, 0.3) is 0 Å². The quantitative estimate of drug-likeness (QED) is 0.315. The standard InChI is InChI=1S/C8H12N2O2.C4H10O.C2H6O2/c11-7-9-5-3-1-2-4-6-10-8-12;1-2-3-4-5;3-1-2-4/h1-6H2;5H,2-4H2,1H3;3-4H,1-2H2. The number of rotatable bonds is 10. The van der Waals surface area contributed by atoms with Crippen LogP contribution in [0.1, 0.15) is 45.4 Å². The normalized spacial score (nSPS) is 8.19. The van der Waals surface area contributed by atoms with Gasteiger partial charge in [-0.3, -0.25) is 0 Å². The van der Waals surface area contributed by atoms with Crippen LogP contribution in [-0.4, -0.2) is 60.4 Å². The van der Waals surface area contributed by atoms with E-state index in [0.717, 1.165) is 38.5 Å².